The number of methoxy groups -OCH3 is 2. The lowest BCUT2D eigenvalue weighted by Crippen LogP contribution is -2.29. The van der Waals surface area contributed by atoms with Crippen LogP contribution in [0.5, 0.6) is 11.5 Å². The maximum atomic E-state index is 13.1. The van der Waals surface area contributed by atoms with Crippen molar-refractivity contribution in [2.45, 2.75) is 24.3 Å². The molecule has 2 aromatic carbocycles. The first-order chi connectivity index (χ1) is 13.1. The van der Waals surface area contributed by atoms with Gasteiger partial charge in [0.15, 0.2) is 26.9 Å². The molecule has 0 spiro atoms. The molecule has 0 bridgehead atoms. The molecule has 3 rings (SSSR count). The van der Waals surface area contributed by atoms with Crippen molar-refractivity contribution >= 4 is 27.0 Å². The molecular weight excluding hydrogens is 380 g/mol. The van der Waals surface area contributed by atoms with Crippen molar-refractivity contribution in [3.63, 3.8) is 0 Å². The quantitative estimate of drug-likeness (QED) is 0.763. The molecule has 148 valence electrons. The number of Topliss-reactive ketones (excluding diaryl/α,β-unsaturated/α-hetero) is 1. The van der Waals surface area contributed by atoms with Crippen molar-refractivity contribution in [1.82, 2.24) is 0 Å². The Bertz CT molecular complexity index is 1060. The molecule has 0 aromatic heterocycles. The number of hydrogen-bond acceptors (Lipinski definition) is 6. The van der Waals surface area contributed by atoms with E-state index in [-0.39, 0.29) is 10.7 Å². The summed E-state index contributed by atoms with van der Waals surface area (Å²) < 4.78 is 40.3. The summed E-state index contributed by atoms with van der Waals surface area (Å²) in [6, 6.07) is 11.5. The molecule has 28 heavy (non-hydrogen) atoms. The molecule has 0 fully saturated rings. The highest BCUT2D eigenvalue weighted by Gasteiger charge is 2.44. The predicted octanol–water partition coefficient (Wildman–Crippen LogP) is 3.35. The van der Waals surface area contributed by atoms with Gasteiger partial charge in [-0.05, 0) is 44.2 Å². The number of ether oxygens (including phenoxy) is 3. The highest BCUT2D eigenvalue weighted by atomic mass is 32.2. The normalized spacial score (nSPS) is 16.1. The van der Waals surface area contributed by atoms with Crippen LogP contribution >= 0.6 is 0 Å². The molecule has 1 aliphatic rings. The number of carbonyl (C=O) groups excluding carboxylic acids is 1. The van der Waals surface area contributed by atoms with E-state index in [4.69, 9.17) is 14.2 Å². The zero-order valence-corrected chi connectivity index (χ0v) is 17.2. The number of carbonyl (C=O) groups is 1. The van der Waals surface area contributed by atoms with E-state index in [1.807, 2.05) is 0 Å². The highest BCUT2D eigenvalue weighted by molar-refractivity contribution is 7.90. The summed E-state index contributed by atoms with van der Waals surface area (Å²) in [6.07, 6.45) is 1.15. The second-order valence-corrected chi connectivity index (χ2v) is 9.00. The molecular formula is C21H22O6S. The molecule has 0 radical (unpaired) electrons. The van der Waals surface area contributed by atoms with Crippen molar-refractivity contribution in [2.75, 3.05) is 20.5 Å². The summed E-state index contributed by atoms with van der Waals surface area (Å²) in [5.74, 6) is 1.11. The number of benzene rings is 2. The van der Waals surface area contributed by atoms with E-state index in [2.05, 4.69) is 0 Å². The predicted molar refractivity (Wildman–Crippen MR) is 106 cm³/mol. The van der Waals surface area contributed by atoms with Gasteiger partial charge in [-0.2, -0.15) is 0 Å². The minimum atomic E-state index is -3.32. The minimum Gasteiger partial charge on any atom is -0.493 e. The van der Waals surface area contributed by atoms with Crippen LogP contribution in [0.25, 0.3) is 11.3 Å². The van der Waals surface area contributed by atoms with Crippen LogP contribution in [0.15, 0.2) is 47.4 Å². The van der Waals surface area contributed by atoms with E-state index in [9.17, 15) is 13.2 Å². The smallest absolute Gasteiger partial charge is 0.210 e. The van der Waals surface area contributed by atoms with Crippen LogP contribution < -0.4 is 9.47 Å². The summed E-state index contributed by atoms with van der Waals surface area (Å²) in [6.45, 7) is 3.39. The van der Waals surface area contributed by atoms with Crippen molar-refractivity contribution in [3.8, 4) is 11.5 Å². The van der Waals surface area contributed by atoms with Crippen molar-refractivity contribution in [2.24, 2.45) is 0 Å². The Labute approximate surface area is 164 Å². The maximum absolute atomic E-state index is 13.1. The second-order valence-electron chi connectivity index (χ2n) is 6.98. The van der Waals surface area contributed by atoms with Crippen LogP contribution in [0.3, 0.4) is 0 Å². The molecule has 6 nitrogen and oxygen atoms in total. The second kappa shape index (κ2) is 6.98. The number of hydrogen-bond donors (Lipinski definition) is 0. The molecule has 0 N–H and O–H groups in total. The zero-order valence-electron chi connectivity index (χ0n) is 16.4. The number of rotatable bonds is 5. The SMILES string of the molecule is COc1cccc(C2=C(c3ccc(S(C)(=O)=O)cc3)OC(C)(C)C2=O)c1OC. The van der Waals surface area contributed by atoms with Gasteiger partial charge in [-0.15, -0.1) is 0 Å². The summed E-state index contributed by atoms with van der Waals surface area (Å²) in [7, 11) is -0.289. The number of ketones is 1. The van der Waals surface area contributed by atoms with E-state index in [1.54, 1.807) is 44.2 Å². The maximum Gasteiger partial charge on any atom is 0.210 e. The van der Waals surface area contributed by atoms with Crippen LogP contribution in [0.4, 0.5) is 0 Å². The van der Waals surface area contributed by atoms with Gasteiger partial charge in [-0.1, -0.05) is 12.1 Å². The molecule has 0 unspecified atom stereocenters. The topological polar surface area (TPSA) is 78.9 Å². The molecule has 2 aromatic rings. The third kappa shape index (κ3) is 3.38. The summed E-state index contributed by atoms with van der Waals surface area (Å²) in [4.78, 5) is 13.3. The average molecular weight is 402 g/mol. The average Bonchev–Trinajstić information content (AvgIpc) is 2.90. The molecule has 0 aliphatic carbocycles. The Morgan fingerprint density at radius 1 is 0.964 bits per heavy atom. The monoisotopic (exact) mass is 402 g/mol. The summed E-state index contributed by atoms with van der Waals surface area (Å²) in [5, 5.41) is 0. The van der Waals surface area contributed by atoms with Gasteiger partial charge in [0.1, 0.15) is 5.76 Å². The van der Waals surface area contributed by atoms with E-state index in [0.29, 0.717) is 34.0 Å². The summed E-state index contributed by atoms with van der Waals surface area (Å²) in [5.41, 5.74) is 0.465. The van der Waals surface area contributed by atoms with Gasteiger partial charge in [0, 0.05) is 17.4 Å². The molecule has 1 aliphatic heterocycles. The van der Waals surface area contributed by atoms with Crippen LogP contribution in [-0.4, -0.2) is 40.3 Å². The van der Waals surface area contributed by atoms with Gasteiger partial charge in [-0.3, -0.25) is 4.79 Å². The first kappa shape index (κ1) is 19.9. The van der Waals surface area contributed by atoms with Gasteiger partial charge < -0.3 is 14.2 Å². The standard InChI is InChI=1S/C21H22O6S/c1-21(2)20(22)17(15-7-6-8-16(25-3)19(15)26-4)18(27-21)13-9-11-14(12-10-13)28(5,23)24/h6-12H,1-5H3. The zero-order chi connectivity index (χ0) is 20.7. The molecule has 1 heterocycles. The Morgan fingerprint density at radius 2 is 1.61 bits per heavy atom. The fraction of sp³-hybridized carbons (Fsp3) is 0.286. The van der Waals surface area contributed by atoms with E-state index < -0.39 is 15.4 Å². The van der Waals surface area contributed by atoms with Gasteiger partial charge in [0.25, 0.3) is 0 Å². The fourth-order valence-corrected chi connectivity index (χ4v) is 3.77. The molecule has 0 saturated carbocycles. The van der Waals surface area contributed by atoms with Gasteiger partial charge >= 0.3 is 0 Å². The lowest BCUT2D eigenvalue weighted by Gasteiger charge is -2.18. The van der Waals surface area contributed by atoms with Crippen molar-refractivity contribution < 1.29 is 27.4 Å². The Hall–Kier alpha value is -2.80. The molecule has 0 atom stereocenters. The van der Waals surface area contributed by atoms with E-state index in [0.717, 1.165) is 6.26 Å². The lowest BCUT2D eigenvalue weighted by molar-refractivity contribution is -0.125. The first-order valence-corrected chi connectivity index (χ1v) is 10.5. The van der Waals surface area contributed by atoms with Crippen LogP contribution in [-0.2, 0) is 19.4 Å². The fourth-order valence-electron chi connectivity index (χ4n) is 3.14. The Morgan fingerprint density at radius 3 is 2.14 bits per heavy atom. The van der Waals surface area contributed by atoms with Gasteiger partial charge in [0.05, 0.1) is 24.7 Å². The van der Waals surface area contributed by atoms with Crippen LogP contribution in [0, 0.1) is 0 Å². The Kier molecular flexibility index (Phi) is 4.97. The van der Waals surface area contributed by atoms with E-state index in [1.165, 1.54) is 26.4 Å². The van der Waals surface area contributed by atoms with Crippen LogP contribution in [0.2, 0.25) is 0 Å². The largest absolute Gasteiger partial charge is 0.493 e. The minimum absolute atomic E-state index is 0.193. The molecule has 7 heteroatoms. The highest BCUT2D eigenvalue weighted by Crippen LogP contribution is 2.46. The molecule has 0 saturated heterocycles. The first-order valence-electron chi connectivity index (χ1n) is 8.60. The van der Waals surface area contributed by atoms with E-state index >= 15 is 0 Å². The van der Waals surface area contributed by atoms with Gasteiger partial charge in [0.2, 0.25) is 5.78 Å². The van der Waals surface area contributed by atoms with Crippen LogP contribution in [0.1, 0.15) is 25.0 Å². The molecule has 0 amide bonds. The third-order valence-corrected chi connectivity index (χ3v) is 5.70. The number of sulfone groups is 1. The summed E-state index contributed by atoms with van der Waals surface area (Å²) >= 11 is 0. The van der Waals surface area contributed by atoms with Gasteiger partial charge in [-0.25, -0.2) is 8.42 Å². The number of para-hydroxylation sites is 1. The van der Waals surface area contributed by atoms with Crippen molar-refractivity contribution in [3.05, 3.63) is 53.6 Å². The van der Waals surface area contributed by atoms with Crippen molar-refractivity contribution in [1.29, 1.82) is 0 Å². The lowest BCUT2D eigenvalue weighted by atomic mass is 9.92. The third-order valence-electron chi connectivity index (χ3n) is 4.58. The Balaban J connectivity index is 2.24.